The minimum Gasteiger partial charge on any atom is -0.316 e. The van der Waals surface area contributed by atoms with Crippen molar-refractivity contribution in [2.75, 3.05) is 26.7 Å². The molecular formula is C12H22N4. The summed E-state index contributed by atoms with van der Waals surface area (Å²) in [4.78, 5) is 2.39. The third-order valence-electron chi connectivity index (χ3n) is 3.46. The number of nitrogens with zero attached hydrogens (tertiary/aromatic N) is 3. The summed E-state index contributed by atoms with van der Waals surface area (Å²) in [5, 5.41) is 7.64. The highest BCUT2D eigenvalue weighted by Gasteiger charge is 2.29. The van der Waals surface area contributed by atoms with Gasteiger partial charge in [0.15, 0.2) is 0 Å². The van der Waals surface area contributed by atoms with Gasteiger partial charge < -0.3 is 5.32 Å². The van der Waals surface area contributed by atoms with Crippen molar-refractivity contribution in [3.05, 3.63) is 18.0 Å². The van der Waals surface area contributed by atoms with Gasteiger partial charge in [-0.25, -0.2) is 0 Å². The lowest BCUT2D eigenvalue weighted by Crippen LogP contribution is -2.35. The third-order valence-corrected chi connectivity index (χ3v) is 3.46. The Labute approximate surface area is 97.6 Å². The quantitative estimate of drug-likeness (QED) is 0.820. The first-order valence-corrected chi connectivity index (χ1v) is 5.95. The Morgan fingerprint density at radius 3 is 3.00 bits per heavy atom. The number of aryl methyl sites for hydroxylation is 1. The lowest BCUT2D eigenvalue weighted by atomic mass is 9.89. The Balaban J connectivity index is 1.89. The molecule has 0 aromatic carbocycles. The second kappa shape index (κ2) is 4.55. The van der Waals surface area contributed by atoms with Crippen molar-refractivity contribution < 1.29 is 0 Å². The van der Waals surface area contributed by atoms with E-state index in [1.54, 1.807) is 0 Å². The number of hydrogen-bond acceptors (Lipinski definition) is 3. The molecule has 4 heteroatoms. The van der Waals surface area contributed by atoms with E-state index in [0.717, 1.165) is 26.2 Å². The molecule has 1 fully saturated rings. The Kier molecular flexibility index (Phi) is 3.30. The molecule has 1 N–H and O–H groups in total. The predicted octanol–water partition coefficient (Wildman–Crippen LogP) is 0.851. The van der Waals surface area contributed by atoms with E-state index >= 15 is 0 Å². The van der Waals surface area contributed by atoms with Crippen LogP contribution in [0, 0.1) is 5.41 Å². The van der Waals surface area contributed by atoms with E-state index in [1.807, 2.05) is 17.9 Å². The molecule has 0 saturated carbocycles. The average molecular weight is 222 g/mol. The number of aromatic nitrogens is 2. The Morgan fingerprint density at radius 2 is 2.44 bits per heavy atom. The van der Waals surface area contributed by atoms with Crippen LogP contribution in [0.3, 0.4) is 0 Å². The molecule has 1 atom stereocenters. The van der Waals surface area contributed by atoms with Crippen LogP contribution in [0.25, 0.3) is 0 Å². The summed E-state index contributed by atoms with van der Waals surface area (Å²) in [7, 11) is 4.19. The largest absolute Gasteiger partial charge is 0.316 e. The molecule has 0 amide bonds. The van der Waals surface area contributed by atoms with E-state index in [-0.39, 0.29) is 0 Å². The molecule has 0 spiro atoms. The summed E-state index contributed by atoms with van der Waals surface area (Å²) in [5.74, 6) is 0. The van der Waals surface area contributed by atoms with Gasteiger partial charge in [-0.05, 0) is 31.5 Å². The van der Waals surface area contributed by atoms with Gasteiger partial charge in [0.2, 0.25) is 0 Å². The van der Waals surface area contributed by atoms with Crippen molar-refractivity contribution >= 4 is 0 Å². The summed E-state index contributed by atoms with van der Waals surface area (Å²) in [6.45, 7) is 6.79. The van der Waals surface area contributed by atoms with Gasteiger partial charge in [-0.15, -0.1) is 0 Å². The summed E-state index contributed by atoms with van der Waals surface area (Å²) < 4.78 is 1.95. The van der Waals surface area contributed by atoms with Crippen molar-refractivity contribution in [3.63, 3.8) is 0 Å². The molecule has 0 aliphatic carbocycles. The van der Waals surface area contributed by atoms with Crippen LogP contribution in [-0.2, 0) is 13.6 Å². The minimum absolute atomic E-state index is 0.438. The third kappa shape index (κ3) is 2.62. The first-order chi connectivity index (χ1) is 7.59. The van der Waals surface area contributed by atoms with Crippen molar-refractivity contribution in [3.8, 4) is 0 Å². The monoisotopic (exact) mass is 222 g/mol. The van der Waals surface area contributed by atoms with E-state index < -0.39 is 0 Å². The fourth-order valence-corrected chi connectivity index (χ4v) is 2.54. The molecule has 1 aromatic rings. The second-order valence-electron chi connectivity index (χ2n) is 5.36. The van der Waals surface area contributed by atoms with Gasteiger partial charge >= 0.3 is 0 Å². The molecule has 4 nitrogen and oxygen atoms in total. The summed E-state index contributed by atoms with van der Waals surface area (Å²) in [5.41, 5.74) is 1.71. The fourth-order valence-electron chi connectivity index (χ4n) is 2.54. The van der Waals surface area contributed by atoms with Crippen molar-refractivity contribution in [1.82, 2.24) is 20.0 Å². The maximum absolute atomic E-state index is 4.20. The van der Waals surface area contributed by atoms with Crippen molar-refractivity contribution in [2.24, 2.45) is 12.5 Å². The molecular weight excluding hydrogens is 200 g/mol. The number of nitrogens with one attached hydrogen (secondary N) is 1. The van der Waals surface area contributed by atoms with E-state index in [4.69, 9.17) is 0 Å². The zero-order valence-electron chi connectivity index (χ0n) is 10.5. The van der Waals surface area contributed by atoms with E-state index in [2.05, 4.69) is 35.4 Å². The predicted molar refractivity (Wildman–Crippen MR) is 65.1 cm³/mol. The highest BCUT2D eigenvalue weighted by molar-refractivity contribution is 5.00. The molecule has 16 heavy (non-hydrogen) atoms. The Morgan fingerprint density at radius 1 is 1.62 bits per heavy atom. The molecule has 1 aliphatic rings. The van der Waals surface area contributed by atoms with Gasteiger partial charge in [0.25, 0.3) is 0 Å². The molecule has 90 valence electrons. The van der Waals surface area contributed by atoms with E-state index in [0.29, 0.717) is 5.41 Å². The molecule has 1 aliphatic heterocycles. The first kappa shape index (κ1) is 11.6. The lowest BCUT2D eigenvalue weighted by Gasteiger charge is -2.29. The number of rotatable bonds is 4. The van der Waals surface area contributed by atoms with E-state index in [1.165, 1.54) is 12.1 Å². The van der Waals surface area contributed by atoms with Crippen LogP contribution in [0.4, 0.5) is 0 Å². The van der Waals surface area contributed by atoms with Crippen LogP contribution in [0.1, 0.15) is 19.0 Å². The molecule has 1 unspecified atom stereocenters. The molecule has 2 heterocycles. The first-order valence-electron chi connectivity index (χ1n) is 5.95. The highest BCUT2D eigenvalue weighted by atomic mass is 15.3. The molecule has 1 saturated heterocycles. The van der Waals surface area contributed by atoms with Crippen LogP contribution in [0.5, 0.6) is 0 Å². The van der Waals surface area contributed by atoms with Gasteiger partial charge in [0.1, 0.15) is 0 Å². The van der Waals surface area contributed by atoms with Crippen LogP contribution in [0.15, 0.2) is 12.3 Å². The van der Waals surface area contributed by atoms with Gasteiger partial charge in [0, 0.05) is 32.9 Å². The normalized spacial score (nSPS) is 25.5. The van der Waals surface area contributed by atoms with Crippen molar-refractivity contribution in [1.29, 1.82) is 0 Å². The smallest absolute Gasteiger partial charge is 0.0520 e. The van der Waals surface area contributed by atoms with Gasteiger partial charge in [-0.3, -0.25) is 9.58 Å². The maximum atomic E-state index is 4.20. The summed E-state index contributed by atoms with van der Waals surface area (Å²) in [6.07, 6.45) is 3.14. The van der Waals surface area contributed by atoms with Crippen molar-refractivity contribution in [2.45, 2.75) is 19.9 Å². The van der Waals surface area contributed by atoms with Gasteiger partial charge in [-0.1, -0.05) is 6.92 Å². The second-order valence-corrected chi connectivity index (χ2v) is 5.36. The lowest BCUT2D eigenvalue weighted by molar-refractivity contribution is 0.200. The summed E-state index contributed by atoms with van der Waals surface area (Å²) >= 11 is 0. The fraction of sp³-hybridized carbons (Fsp3) is 0.750. The molecule has 1 aromatic heterocycles. The zero-order chi connectivity index (χ0) is 11.6. The molecule has 0 radical (unpaired) electrons. The van der Waals surface area contributed by atoms with Gasteiger partial charge in [-0.2, -0.15) is 5.10 Å². The minimum atomic E-state index is 0.438. The average Bonchev–Trinajstić information content (AvgIpc) is 2.77. The zero-order valence-corrected chi connectivity index (χ0v) is 10.5. The summed E-state index contributed by atoms with van der Waals surface area (Å²) in [6, 6.07) is 2.09. The van der Waals surface area contributed by atoms with Crippen LogP contribution in [-0.4, -0.2) is 41.4 Å². The number of hydrogen-bond donors (Lipinski definition) is 1. The SMILES string of the molecule is CN(Cc1ccnn1C)CC1(C)CCNC1. The molecule has 0 bridgehead atoms. The van der Waals surface area contributed by atoms with Crippen LogP contribution >= 0.6 is 0 Å². The highest BCUT2D eigenvalue weighted by Crippen LogP contribution is 2.25. The Hall–Kier alpha value is -0.870. The topological polar surface area (TPSA) is 33.1 Å². The molecule has 2 rings (SSSR count). The standard InChI is InChI=1S/C12H22N4/c1-12(5-7-13-9-12)10-15(2)8-11-4-6-14-16(11)3/h4,6,13H,5,7-10H2,1-3H3. The van der Waals surface area contributed by atoms with Gasteiger partial charge in [0.05, 0.1) is 5.69 Å². The maximum Gasteiger partial charge on any atom is 0.0520 e. The van der Waals surface area contributed by atoms with Crippen LogP contribution in [0.2, 0.25) is 0 Å². The van der Waals surface area contributed by atoms with E-state index in [9.17, 15) is 0 Å². The Bertz CT molecular complexity index is 339. The van der Waals surface area contributed by atoms with Crippen LogP contribution < -0.4 is 5.32 Å².